The standard InChI is InChI=1S/C31H39F2N3O5/c1-31(2,3)41-29(38)35-19-25(24-13-12-22(32)18-27(24)33)26(20-35)28(37)34-14-8-11-23(17-21-9-6-5-7-10-21)36(16-15-34)30(39)40-4/h5-7,9-10,12-13,18,23,25-26H,8,11,14-17,19-20H2,1-4H3/t23?,25-,26+/m0/s1. The summed E-state index contributed by atoms with van der Waals surface area (Å²) in [5, 5.41) is 0. The molecule has 0 bridgehead atoms. The van der Waals surface area contributed by atoms with Gasteiger partial charge < -0.3 is 24.2 Å². The average Bonchev–Trinajstić information content (AvgIpc) is 3.35. The van der Waals surface area contributed by atoms with Gasteiger partial charge in [-0.3, -0.25) is 4.79 Å². The summed E-state index contributed by atoms with van der Waals surface area (Å²) in [6.07, 6.45) is 0.938. The summed E-state index contributed by atoms with van der Waals surface area (Å²) >= 11 is 0. The van der Waals surface area contributed by atoms with E-state index in [0.717, 1.165) is 17.7 Å². The first-order chi connectivity index (χ1) is 19.5. The molecule has 0 N–H and O–H groups in total. The van der Waals surface area contributed by atoms with Crippen molar-refractivity contribution < 1.29 is 32.6 Å². The van der Waals surface area contributed by atoms with Crippen molar-refractivity contribution >= 4 is 18.1 Å². The van der Waals surface area contributed by atoms with Gasteiger partial charge in [-0.25, -0.2) is 18.4 Å². The third-order valence-corrected chi connectivity index (χ3v) is 7.70. The Hall–Kier alpha value is -3.69. The molecule has 3 atom stereocenters. The van der Waals surface area contributed by atoms with Gasteiger partial charge in [0, 0.05) is 50.7 Å². The summed E-state index contributed by atoms with van der Waals surface area (Å²) in [6.45, 7) is 6.35. The Balaban J connectivity index is 1.55. The lowest BCUT2D eigenvalue weighted by atomic mass is 9.87. The lowest BCUT2D eigenvalue weighted by Gasteiger charge is -2.37. The van der Waals surface area contributed by atoms with Crippen LogP contribution >= 0.6 is 0 Å². The molecule has 0 radical (unpaired) electrons. The summed E-state index contributed by atoms with van der Waals surface area (Å²) < 4.78 is 39.3. The van der Waals surface area contributed by atoms with Crippen molar-refractivity contribution in [2.45, 2.75) is 57.6 Å². The summed E-state index contributed by atoms with van der Waals surface area (Å²) in [4.78, 5) is 44.5. The van der Waals surface area contributed by atoms with Gasteiger partial charge in [0.25, 0.3) is 0 Å². The van der Waals surface area contributed by atoms with Crippen LogP contribution in [0.3, 0.4) is 0 Å². The zero-order chi connectivity index (χ0) is 29.7. The Morgan fingerprint density at radius 1 is 0.927 bits per heavy atom. The van der Waals surface area contributed by atoms with E-state index in [1.807, 2.05) is 30.3 Å². The maximum Gasteiger partial charge on any atom is 0.410 e. The van der Waals surface area contributed by atoms with E-state index in [1.54, 1.807) is 30.6 Å². The first-order valence-corrected chi connectivity index (χ1v) is 14.1. The number of methoxy groups -OCH3 is 1. The van der Waals surface area contributed by atoms with Crippen LogP contribution in [0.1, 0.15) is 50.7 Å². The second-order valence-electron chi connectivity index (χ2n) is 11.7. The first-order valence-electron chi connectivity index (χ1n) is 14.1. The van der Waals surface area contributed by atoms with Crippen LogP contribution < -0.4 is 0 Å². The molecule has 4 rings (SSSR count). The Bertz CT molecular complexity index is 1240. The molecule has 2 aromatic rings. The SMILES string of the molecule is COC(=O)N1CCN(C(=O)[C@@H]2CN(C(=O)OC(C)(C)C)C[C@H]2c2ccc(F)cc2F)CCCC1Cc1ccccc1. The normalized spacial score (nSPS) is 21.7. The summed E-state index contributed by atoms with van der Waals surface area (Å²) in [5.41, 5.74) is 0.547. The summed E-state index contributed by atoms with van der Waals surface area (Å²) in [6, 6.07) is 13.1. The molecule has 0 aromatic heterocycles. The molecule has 2 saturated heterocycles. The zero-order valence-corrected chi connectivity index (χ0v) is 24.1. The fourth-order valence-corrected chi connectivity index (χ4v) is 5.75. The zero-order valence-electron chi connectivity index (χ0n) is 24.1. The minimum absolute atomic E-state index is 0.0447. The molecule has 2 aromatic carbocycles. The smallest absolute Gasteiger partial charge is 0.410 e. The van der Waals surface area contributed by atoms with Crippen molar-refractivity contribution in [1.29, 1.82) is 0 Å². The minimum atomic E-state index is -0.757. The van der Waals surface area contributed by atoms with Crippen molar-refractivity contribution in [2.24, 2.45) is 5.92 Å². The number of nitrogens with zero attached hydrogens (tertiary/aromatic N) is 3. The van der Waals surface area contributed by atoms with Gasteiger partial charge in [-0.15, -0.1) is 0 Å². The molecule has 2 aliphatic heterocycles. The maximum atomic E-state index is 14.9. The van der Waals surface area contributed by atoms with E-state index in [2.05, 4.69) is 0 Å². The molecule has 8 nitrogen and oxygen atoms in total. The number of rotatable bonds is 4. The van der Waals surface area contributed by atoms with Crippen molar-refractivity contribution in [2.75, 3.05) is 39.8 Å². The van der Waals surface area contributed by atoms with Crippen LogP contribution in [-0.4, -0.2) is 84.3 Å². The molecule has 3 amide bonds. The number of carbonyl (C=O) groups excluding carboxylic acids is 3. The van der Waals surface area contributed by atoms with Crippen LogP contribution in [0.5, 0.6) is 0 Å². The molecule has 222 valence electrons. The van der Waals surface area contributed by atoms with Crippen molar-refractivity contribution in [3.8, 4) is 0 Å². The van der Waals surface area contributed by atoms with Crippen LogP contribution in [0.25, 0.3) is 0 Å². The van der Waals surface area contributed by atoms with Crippen LogP contribution in [0.15, 0.2) is 48.5 Å². The lowest BCUT2D eigenvalue weighted by molar-refractivity contribution is -0.136. The fourth-order valence-electron chi connectivity index (χ4n) is 5.75. The van der Waals surface area contributed by atoms with Gasteiger partial charge in [0.2, 0.25) is 5.91 Å². The third-order valence-electron chi connectivity index (χ3n) is 7.70. The molecular formula is C31H39F2N3O5. The predicted molar refractivity (Wildman–Crippen MR) is 149 cm³/mol. The van der Waals surface area contributed by atoms with Gasteiger partial charge in [0.05, 0.1) is 13.0 Å². The van der Waals surface area contributed by atoms with E-state index >= 15 is 0 Å². The molecular weight excluding hydrogens is 532 g/mol. The molecule has 2 aliphatic rings. The monoisotopic (exact) mass is 571 g/mol. The number of ether oxygens (including phenoxy) is 2. The van der Waals surface area contributed by atoms with Crippen LogP contribution in [0.4, 0.5) is 18.4 Å². The van der Waals surface area contributed by atoms with Crippen molar-refractivity contribution in [1.82, 2.24) is 14.7 Å². The van der Waals surface area contributed by atoms with Gasteiger partial charge in [-0.05, 0) is 57.2 Å². The molecule has 2 heterocycles. The Labute approximate surface area is 240 Å². The highest BCUT2D eigenvalue weighted by molar-refractivity contribution is 5.82. The quantitative estimate of drug-likeness (QED) is 0.503. The van der Waals surface area contributed by atoms with E-state index in [1.165, 1.54) is 18.1 Å². The second-order valence-corrected chi connectivity index (χ2v) is 11.7. The van der Waals surface area contributed by atoms with Crippen molar-refractivity contribution in [3.05, 3.63) is 71.3 Å². The van der Waals surface area contributed by atoms with E-state index < -0.39 is 41.3 Å². The summed E-state index contributed by atoms with van der Waals surface area (Å²) in [7, 11) is 1.34. The van der Waals surface area contributed by atoms with Gasteiger partial charge in [0.1, 0.15) is 17.2 Å². The first kappa shape index (κ1) is 30.3. The van der Waals surface area contributed by atoms with Gasteiger partial charge in [-0.2, -0.15) is 0 Å². The topological polar surface area (TPSA) is 79.4 Å². The maximum absolute atomic E-state index is 14.9. The fraction of sp³-hybridized carbons (Fsp3) is 0.516. The minimum Gasteiger partial charge on any atom is -0.453 e. The number of carbonyl (C=O) groups is 3. The Kier molecular flexibility index (Phi) is 9.50. The number of benzene rings is 2. The van der Waals surface area contributed by atoms with Crippen LogP contribution in [0.2, 0.25) is 0 Å². The molecule has 0 spiro atoms. The Morgan fingerprint density at radius 2 is 1.66 bits per heavy atom. The van der Waals surface area contributed by atoms with E-state index in [4.69, 9.17) is 9.47 Å². The third kappa shape index (κ3) is 7.54. The van der Waals surface area contributed by atoms with E-state index in [0.29, 0.717) is 25.8 Å². The molecule has 0 saturated carbocycles. The lowest BCUT2D eigenvalue weighted by Crippen LogP contribution is -2.50. The molecule has 41 heavy (non-hydrogen) atoms. The van der Waals surface area contributed by atoms with Gasteiger partial charge in [0.15, 0.2) is 0 Å². The molecule has 2 fully saturated rings. The number of halogens is 2. The van der Waals surface area contributed by atoms with E-state index in [9.17, 15) is 23.2 Å². The van der Waals surface area contributed by atoms with Gasteiger partial charge in [-0.1, -0.05) is 36.4 Å². The molecule has 10 heteroatoms. The van der Waals surface area contributed by atoms with E-state index in [-0.39, 0.29) is 43.7 Å². The number of hydrogen-bond donors (Lipinski definition) is 0. The number of likely N-dealkylation sites (tertiary alicyclic amines) is 1. The average molecular weight is 572 g/mol. The Morgan fingerprint density at radius 3 is 2.32 bits per heavy atom. The van der Waals surface area contributed by atoms with Crippen LogP contribution in [-0.2, 0) is 20.7 Å². The highest BCUT2D eigenvalue weighted by Crippen LogP contribution is 2.36. The molecule has 1 unspecified atom stereocenters. The highest BCUT2D eigenvalue weighted by atomic mass is 19.1. The van der Waals surface area contributed by atoms with Crippen molar-refractivity contribution in [3.63, 3.8) is 0 Å². The summed E-state index contributed by atoms with van der Waals surface area (Å²) in [5.74, 6) is -3.15. The predicted octanol–water partition coefficient (Wildman–Crippen LogP) is 5.22. The largest absolute Gasteiger partial charge is 0.453 e. The highest BCUT2D eigenvalue weighted by Gasteiger charge is 2.44. The number of amides is 3. The van der Waals surface area contributed by atoms with Gasteiger partial charge >= 0.3 is 12.2 Å². The van der Waals surface area contributed by atoms with Crippen LogP contribution in [0, 0.1) is 17.6 Å². The second kappa shape index (κ2) is 12.9. The number of hydrogen-bond acceptors (Lipinski definition) is 5. The molecule has 0 aliphatic carbocycles.